The monoisotopic (exact) mass is 282 g/mol. The molecule has 0 spiro atoms. The summed E-state index contributed by atoms with van der Waals surface area (Å²) in [6, 6.07) is 3.76. The normalized spacial score (nSPS) is 11.2. The molecule has 0 aliphatic rings. The standard InChI is InChI=1S/C15H23ClN2O/c1-6-12(7-2)18(5)15(19)11-8-13(10(3)4)17-14(16)9-11/h8-10,12H,6-7H2,1-5H3. The maximum Gasteiger partial charge on any atom is 0.254 e. The van der Waals surface area contributed by atoms with E-state index in [-0.39, 0.29) is 17.9 Å². The number of hydrogen-bond donors (Lipinski definition) is 0. The summed E-state index contributed by atoms with van der Waals surface area (Å²) < 4.78 is 0. The molecule has 0 N–H and O–H groups in total. The number of hydrogen-bond acceptors (Lipinski definition) is 2. The molecule has 0 bridgehead atoms. The molecule has 0 aliphatic heterocycles. The third-order valence-electron chi connectivity index (χ3n) is 3.46. The van der Waals surface area contributed by atoms with Gasteiger partial charge in [0.15, 0.2) is 0 Å². The molecule has 106 valence electrons. The number of carbonyl (C=O) groups excluding carboxylic acids is 1. The zero-order chi connectivity index (χ0) is 14.6. The van der Waals surface area contributed by atoms with Crippen molar-refractivity contribution in [2.75, 3.05) is 7.05 Å². The molecule has 1 aromatic rings. The molecule has 0 saturated heterocycles. The fourth-order valence-electron chi connectivity index (χ4n) is 2.14. The number of pyridine rings is 1. The molecular formula is C15H23ClN2O. The molecule has 0 aliphatic carbocycles. The smallest absolute Gasteiger partial charge is 0.254 e. The van der Waals surface area contributed by atoms with Crippen LogP contribution in [0.4, 0.5) is 0 Å². The molecular weight excluding hydrogens is 260 g/mol. The molecule has 1 heterocycles. The van der Waals surface area contributed by atoms with Crippen LogP contribution in [0.5, 0.6) is 0 Å². The van der Waals surface area contributed by atoms with E-state index in [9.17, 15) is 4.79 Å². The van der Waals surface area contributed by atoms with Gasteiger partial charge in [0.05, 0.1) is 0 Å². The Kier molecular flexibility index (Phi) is 5.80. The van der Waals surface area contributed by atoms with Crippen molar-refractivity contribution in [2.45, 2.75) is 52.5 Å². The summed E-state index contributed by atoms with van der Waals surface area (Å²) in [5.74, 6) is 0.267. The van der Waals surface area contributed by atoms with Crippen LogP contribution >= 0.6 is 11.6 Å². The Morgan fingerprint density at radius 2 is 1.89 bits per heavy atom. The summed E-state index contributed by atoms with van der Waals surface area (Å²) in [7, 11) is 1.85. The zero-order valence-corrected chi connectivity index (χ0v) is 13.2. The molecule has 0 aromatic carbocycles. The lowest BCUT2D eigenvalue weighted by Gasteiger charge is -2.26. The Hall–Kier alpha value is -1.09. The highest BCUT2D eigenvalue weighted by atomic mass is 35.5. The van der Waals surface area contributed by atoms with Gasteiger partial charge >= 0.3 is 0 Å². The Morgan fingerprint density at radius 1 is 1.32 bits per heavy atom. The second-order valence-corrected chi connectivity index (χ2v) is 5.53. The minimum atomic E-state index is 0.0138. The number of aromatic nitrogens is 1. The summed E-state index contributed by atoms with van der Waals surface area (Å²) in [5.41, 5.74) is 1.48. The van der Waals surface area contributed by atoms with Crippen LogP contribution in [0.2, 0.25) is 5.15 Å². The lowest BCUT2D eigenvalue weighted by Crippen LogP contribution is -2.36. The van der Waals surface area contributed by atoms with Gasteiger partial charge in [0.25, 0.3) is 5.91 Å². The summed E-state index contributed by atoms with van der Waals surface area (Å²) >= 11 is 6.01. The van der Waals surface area contributed by atoms with E-state index in [2.05, 4.69) is 18.8 Å². The summed E-state index contributed by atoms with van der Waals surface area (Å²) in [6.07, 6.45) is 1.91. The van der Waals surface area contributed by atoms with E-state index in [1.165, 1.54) is 0 Å². The van der Waals surface area contributed by atoms with Crippen molar-refractivity contribution in [3.05, 3.63) is 28.5 Å². The van der Waals surface area contributed by atoms with E-state index in [1.54, 1.807) is 11.0 Å². The number of carbonyl (C=O) groups is 1. The first kappa shape index (κ1) is 16.0. The van der Waals surface area contributed by atoms with Crippen molar-refractivity contribution in [1.29, 1.82) is 0 Å². The minimum Gasteiger partial charge on any atom is -0.339 e. The molecule has 0 unspecified atom stereocenters. The highest BCUT2D eigenvalue weighted by molar-refractivity contribution is 6.29. The van der Waals surface area contributed by atoms with Crippen LogP contribution in [0.1, 0.15) is 62.5 Å². The quantitative estimate of drug-likeness (QED) is 0.761. The maximum absolute atomic E-state index is 12.5. The molecule has 3 nitrogen and oxygen atoms in total. The molecule has 1 amide bonds. The van der Waals surface area contributed by atoms with Gasteiger partial charge in [0.1, 0.15) is 5.15 Å². The molecule has 4 heteroatoms. The predicted molar refractivity (Wildman–Crippen MR) is 79.8 cm³/mol. The molecule has 0 radical (unpaired) electrons. The van der Waals surface area contributed by atoms with Gasteiger partial charge in [-0.15, -0.1) is 0 Å². The summed E-state index contributed by atoms with van der Waals surface area (Å²) in [6.45, 7) is 8.27. The average Bonchev–Trinajstić information content (AvgIpc) is 2.38. The van der Waals surface area contributed by atoms with E-state index < -0.39 is 0 Å². The molecule has 0 saturated carbocycles. The summed E-state index contributed by atoms with van der Waals surface area (Å²) in [5, 5.41) is 0.382. The van der Waals surface area contributed by atoms with Gasteiger partial charge in [-0.3, -0.25) is 4.79 Å². The zero-order valence-electron chi connectivity index (χ0n) is 12.4. The highest BCUT2D eigenvalue weighted by Crippen LogP contribution is 2.20. The lowest BCUT2D eigenvalue weighted by molar-refractivity contribution is 0.0723. The molecule has 19 heavy (non-hydrogen) atoms. The van der Waals surface area contributed by atoms with Crippen molar-refractivity contribution >= 4 is 17.5 Å². The van der Waals surface area contributed by atoms with Crippen molar-refractivity contribution < 1.29 is 4.79 Å². The average molecular weight is 283 g/mol. The Morgan fingerprint density at radius 3 is 2.37 bits per heavy atom. The first-order valence-electron chi connectivity index (χ1n) is 6.85. The van der Waals surface area contributed by atoms with Crippen molar-refractivity contribution in [1.82, 2.24) is 9.88 Å². The van der Waals surface area contributed by atoms with Crippen LogP contribution in [0.25, 0.3) is 0 Å². The number of halogens is 1. The maximum atomic E-state index is 12.5. The van der Waals surface area contributed by atoms with Crippen LogP contribution in [0, 0.1) is 0 Å². The molecule has 1 rings (SSSR count). The number of amides is 1. The van der Waals surface area contributed by atoms with Gasteiger partial charge in [0, 0.05) is 24.3 Å². The van der Waals surface area contributed by atoms with Crippen LogP contribution in [0.15, 0.2) is 12.1 Å². The van der Waals surface area contributed by atoms with Gasteiger partial charge in [-0.25, -0.2) is 4.98 Å². The lowest BCUT2D eigenvalue weighted by atomic mass is 10.1. The third-order valence-corrected chi connectivity index (χ3v) is 3.66. The van der Waals surface area contributed by atoms with Gasteiger partial charge in [-0.05, 0) is 30.9 Å². The van der Waals surface area contributed by atoms with E-state index >= 15 is 0 Å². The van der Waals surface area contributed by atoms with E-state index in [1.807, 2.05) is 27.0 Å². The van der Waals surface area contributed by atoms with Crippen LogP contribution in [-0.4, -0.2) is 28.9 Å². The SMILES string of the molecule is CCC(CC)N(C)C(=O)c1cc(Cl)nc(C(C)C)c1. The Labute approximate surface area is 121 Å². The fraction of sp³-hybridized carbons (Fsp3) is 0.600. The second kappa shape index (κ2) is 6.90. The molecule has 1 aromatic heterocycles. The van der Waals surface area contributed by atoms with E-state index in [4.69, 9.17) is 11.6 Å². The number of rotatable bonds is 5. The molecule has 0 atom stereocenters. The second-order valence-electron chi connectivity index (χ2n) is 5.14. The van der Waals surface area contributed by atoms with Crippen molar-refractivity contribution in [2.24, 2.45) is 0 Å². The number of nitrogens with zero attached hydrogens (tertiary/aromatic N) is 2. The van der Waals surface area contributed by atoms with E-state index in [0.29, 0.717) is 10.7 Å². The fourth-order valence-corrected chi connectivity index (χ4v) is 2.36. The largest absolute Gasteiger partial charge is 0.339 e. The van der Waals surface area contributed by atoms with Crippen LogP contribution < -0.4 is 0 Å². The van der Waals surface area contributed by atoms with Crippen molar-refractivity contribution in [3.8, 4) is 0 Å². The first-order valence-corrected chi connectivity index (χ1v) is 7.23. The van der Waals surface area contributed by atoms with Crippen molar-refractivity contribution in [3.63, 3.8) is 0 Å². The minimum absolute atomic E-state index is 0.0138. The third kappa shape index (κ3) is 3.93. The first-order chi connectivity index (χ1) is 8.90. The predicted octanol–water partition coefficient (Wildman–Crippen LogP) is 4.12. The van der Waals surface area contributed by atoms with Crippen LogP contribution in [-0.2, 0) is 0 Å². The Bertz CT molecular complexity index is 442. The Balaban J connectivity index is 3.05. The highest BCUT2D eigenvalue weighted by Gasteiger charge is 2.19. The summed E-state index contributed by atoms with van der Waals surface area (Å²) in [4.78, 5) is 18.5. The molecule has 0 fully saturated rings. The van der Waals surface area contributed by atoms with Gasteiger partial charge in [-0.2, -0.15) is 0 Å². The van der Waals surface area contributed by atoms with Gasteiger partial charge < -0.3 is 4.90 Å². The van der Waals surface area contributed by atoms with Gasteiger partial charge in [0.2, 0.25) is 0 Å². The topological polar surface area (TPSA) is 33.2 Å². The van der Waals surface area contributed by atoms with Gasteiger partial charge in [-0.1, -0.05) is 39.3 Å². The van der Waals surface area contributed by atoms with E-state index in [0.717, 1.165) is 18.5 Å². The van der Waals surface area contributed by atoms with Crippen LogP contribution in [0.3, 0.4) is 0 Å².